The van der Waals surface area contributed by atoms with Gasteiger partial charge in [0.25, 0.3) is 5.91 Å². The molecule has 0 aliphatic carbocycles. The van der Waals surface area contributed by atoms with E-state index in [1.54, 1.807) is 0 Å². The second-order valence-electron chi connectivity index (χ2n) is 7.57. The van der Waals surface area contributed by atoms with Gasteiger partial charge in [-0.3, -0.25) is 9.20 Å². The summed E-state index contributed by atoms with van der Waals surface area (Å²) in [6, 6.07) is 4.72. The number of nitrogen functional groups attached to an aromatic ring is 1. The highest BCUT2D eigenvalue weighted by atomic mass is 19.4. The molecule has 4 aromatic rings. The summed E-state index contributed by atoms with van der Waals surface area (Å²) in [5.41, 5.74) is 5.24. The number of carbonyl (C=O) groups excluding carboxylic acids is 1. The third-order valence-electron chi connectivity index (χ3n) is 5.30. The van der Waals surface area contributed by atoms with Crippen LogP contribution in [0.4, 0.5) is 29.1 Å². The smallest absolute Gasteiger partial charge is 0.416 e. The van der Waals surface area contributed by atoms with Crippen molar-refractivity contribution in [2.75, 3.05) is 17.2 Å². The summed E-state index contributed by atoms with van der Waals surface area (Å²) in [5.74, 6) is -2.08. The second-order valence-corrected chi connectivity index (χ2v) is 7.57. The molecular formula is C20H11B2F4N5O2. The SMILES string of the molecule is [B]C1([B])COc2cc(C(F)(F)F)ccc2N1C(=O)c1cc2c(cc1F)nc(N)c1cncn12. The molecule has 2 N–H and O–H groups in total. The Morgan fingerprint density at radius 3 is 2.67 bits per heavy atom. The number of nitrogens with two attached hydrogens (primary N) is 1. The van der Waals surface area contributed by atoms with Crippen LogP contribution in [0, 0.1) is 5.82 Å². The fourth-order valence-electron chi connectivity index (χ4n) is 3.75. The van der Waals surface area contributed by atoms with E-state index in [-0.39, 0.29) is 22.8 Å². The Balaban J connectivity index is 1.67. The van der Waals surface area contributed by atoms with Crippen molar-refractivity contribution in [3.05, 3.63) is 59.8 Å². The number of ether oxygens (including phenoxy) is 1. The minimum Gasteiger partial charge on any atom is -0.491 e. The molecule has 1 aliphatic rings. The molecule has 0 spiro atoms. The third kappa shape index (κ3) is 3.26. The number of alkyl halides is 3. The minimum absolute atomic E-state index is 0.115. The second kappa shape index (κ2) is 6.87. The molecule has 0 saturated heterocycles. The number of anilines is 2. The first kappa shape index (κ1) is 21.1. The first-order valence-corrected chi connectivity index (χ1v) is 9.44. The number of imidazole rings is 1. The number of fused-ring (bicyclic) bond motifs is 4. The molecule has 7 nitrogen and oxygen atoms in total. The predicted octanol–water partition coefficient (Wildman–Crippen LogP) is 2.65. The zero-order chi connectivity index (χ0) is 23.7. The number of rotatable bonds is 1. The van der Waals surface area contributed by atoms with Crippen molar-refractivity contribution in [2.45, 2.75) is 11.5 Å². The van der Waals surface area contributed by atoms with Gasteiger partial charge in [-0.2, -0.15) is 13.2 Å². The van der Waals surface area contributed by atoms with Gasteiger partial charge in [0.15, 0.2) is 0 Å². The molecule has 2 aromatic heterocycles. The first-order chi connectivity index (χ1) is 15.5. The monoisotopic (exact) mass is 451 g/mol. The maximum atomic E-state index is 15.0. The van der Waals surface area contributed by atoms with Crippen molar-refractivity contribution < 1.29 is 27.1 Å². The molecule has 4 radical (unpaired) electrons. The Morgan fingerprint density at radius 2 is 1.94 bits per heavy atom. The first-order valence-electron chi connectivity index (χ1n) is 9.44. The fourth-order valence-corrected chi connectivity index (χ4v) is 3.75. The molecule has 162 valence electrons. The molecule has 0 unspecified atom stereocenters. The molecule has 1 amide bonds. The van der Waals surface area contributed by atoms with Gasteiger partial charge >= 0.3 is 6.18 Å². The molecule has 33 heavy (non-hydrogen) atoms. The van der Waals surface area contributed by atoms with Crippen LogP contribution in [-0.2, 0) is 6.18 Å². The highest BCUT2D eigenvalue weighted by Gasteiger charge is 2.40. The number of carbonyl (C=O) groups is 1. The van der Waals surface area contributed by atoms with Crippen molar-refractivity contribution in [3.63, 3.8) is 0 Å². The standard InChI is InChI=1S/C20H11B2F4N5O2/c21-19(22)7-33-16-3-9(20(24,25)26)1-2-13(16)31(19)18(32)10-4-14-12(5-11(10)23)29-17(27)15-6-28-8-30(14)15/h1-6,8H,7H2,(H2,27,29). The number of hydrogen-bond acceptors (Lipinski definition) is 5. The van der Waals surface area contributed by atoms with Crippen LogP contribution in [-0.4, -0.2) is 47.9 Å². The van der Waals surface area contributed by atoms with Crippen LogP contribution < -0.4 is 15.4 Å². The average molecular weight is 451 g/mol. The summed E-state index contributed by atoms with van der Waals surface area (Å²) in [7, 11) is 12.0. The molecule has 2 aromatic carbocycles. The quantitative estimate of drug-likeness (QED) is 0.356. The minimum atomic E-state index is -4.64. The number of aromatic nitrogens is 3. The maximum Gasteiger partial charge on any atom is 0.416 e. The third-order valence-corrected chi connectivity index (χ3v) is 5.30. The fraction of sp³-hybridized carbons (Fsp3) is 0.150. The van der Waals surface area contributed by atoms with Crippen LogP contribution in [0.1, 0.15) is 15.9 Å². The lowest BCUT2D eigenvalue weighted by molar-refractivity contribution is -0.137. The Hall–Kier alpha value is -3.76. The van der Waals surface area contributed by atoms with Gasteiger partial charge in [0.2, 0.25) is 0 Å². The van der Waals surface area contributed by atoms with E-state index in [2.05, 4.69) is 9.97 Å². The predicted molar refractivity (Wildman–Crippen MR) is 113 cm³/mol. The van der Waals surface area contributed by atoms with Gasteiger partial charge < -0.3 is 15.4 Å². The van der Waals surface area contributed by atoms with Gasteiger partial charge in [-0.1, -0.05) is 0 Å². The van der Waals surface area contributed by atoms with E-state index in [0.29, 0.717) is 11.0 Å². The number of hydrogen-bond donors (Lipinski definition) is 1. The van der Waals surface area contributed by atoms with Gasteiger partial charge in [-0.25, -0.2) is 14.4 Å². The van der Waals surface area contributed by atoms with Crippen LogP contribution in [0.25, 0.3) is 16.6 Å². The topological polar surface area (TPSA) is 85.8 Å². The van der Waals surface area contributed by atoms with Gasteiger partial charge in [0.1, 0.15) is 22.9 Å². The largest absolute Gasteiger partial charge is 0.491 e. The summed E-state index contributed by atoms with van der Waals surface area (Å²) in [6.07, 6.45) is -1.77. The van der Waals surface area contributed by atoms with Crippen LogP contribution in [0.5, 0.6) is 5.75 Å². The maximum absolute atomic E-state index is 15.0. The van der Waals surface area contributed by atoms with E-state index in [0.717, 1.165) is 29.2 Å². The normalized spacial score (nSPS) is 15.5. The summed E-state index contributed by atoms with van der Waals surface area (Å²) < 4.78 is 61.1. The van der Waals surface area contributed by atoms with E-state index < -0.39 is 41.0 Å². The zero-order valence-corrected chi connectivity index (χ0v) is 16.6. The molecule has 13 heteroatoms. The Bertz CT molecular complexity index is 1450. The van der Waals surface area contributed by atoms with Crippen LogP contribution in [0.2, 0.25) is 0 Å². The van der Waals surface area contributed by atoms with Crippen molar-refractivity contribution in [1.29, 1.82) is 0 Å². The molecule has 0 atom stereocenters. The zero-order valence-electron chi connectivity index (χ0n) is 16.6. The summed E-state index contributed by atoms with van der Waals surface area (Å²) in [4.78, 5) is 22.4. The van der Waals surface area contributed by atoms with E-state index in [9.17, 15) is 18.0 Å². The lowest BCUT2D eigenvalue weighted by atomic mass is 9.60. The van der Waals surface area contributed by atoms with Gasteiger partial charge in [-0.05, 0) is 24.3 Å². The summed E-state index contributed by atoms with van der Waals surface area (Å²) in [6.45, 7) is -0.522. The van der Waals surface area contributed by atoms with Gasteiger partial charge in [0, 0.05) is 11.4 Å². The molecule has 0 saturated carbocycles. The van der Waals surface area contributed by atoms with E-state index >= 15 is 4.39 Å². The van der Waals surface area contributed by atoms with Crippen molar-refractivity contribution >= 4 is 49.7 Å². The molecule has 3 heterocycles. The Morgan fingerprint density at radius 1 is 1.18 bits per heavy atom. The van der Waals surface area contributed by atoms with Crippen molar-refractivity contribution in [3.8, 4) is 5.75 Å². The molecule has 0 fully saturated rings. The van der Waals surface area contributed by atoms with Gasteiger partial charge in [0.05, 0.1) is 62.7 Å². The Kier molecular flexibility index (Phi) is 4.39. The number of amides is 1. The number of halogens is 4. The van der Waals surface area contributed by atoms with E-state index in [4.69, 9.17) is 26.2 Å². The molecule has 1 aliphatic heterocycles. The lowest BCUT2D eigenvalue weighted by Crippen LogP contribution is -2.59. The average Bonchev–Trinajstić information content (AvgIpc) is 3.22. The van der Waals surface area contributed by atoms with Crippen LogP contribution in [0.15, 0.2) is 42.9 Å². The highest BCUT2D eigenvalue weighted by Crippen LogP contribution is 2.41. The van der Waals surface area contributed by atoms with Crippen LogP contribution in [0.3, 0.4) is 0 Å². The summed E-state index contributed by atoms with van der Waals surface area (Å²) >= 11 is 0. The van der Waals surface area contributed by atoms with Gasteiger partial charge in [-0.15, -0.1) is 0 Å². The Labute approximate surface area is 186 Å². The van der Waals surface area contributed by atoms with Crippen molar-refractivity contribution in [1.82, 2.24) is 14.4 Å². The van der Waals surface area contributed by atoms with E-state index in [1.807, 2.05) is 0 Å². The highest BCUT2D eigenvalue weighted by molar-refractivity contribution is 6.45. The van der Waals surface area contributed by atoms with Crippen LogP contribution >= 0.6 is 0 Å². The van der Waals surface area contributed by atoms with Crippen molar-refractivity contribution in [2.24, 2.45) is 0 Å². The lowest BCUT2D eigenvalue weighted by Gasteiger charge is -2.44. The summed E-state index contributed by atoms with van der Waals surface area (Å²) in [5, 5.41) is -1.96. The molecule has 0 bridgehead atoms. The number of benzene rings is 2. The number of nitrogens with zero attached hydrogens (tertiary/aromatic N) is 4. The van der Waals surface area contributed by atoms with E-state index in [1.165, 1.54) is 23.0 Å². The molecule has 5 rings (SSSR count). The molecular weight excluding hydrogens is 440 g/mol.